The number of fused-ring (bicyclic) bond motifs is 2. The van der Waals surface area contributed by atoms with Gasteiger partial charge in [0.25, 0.3) is 0 Å². The van der Waals surface area contributed by atoms with E-state index in [4.69, 9.17) is 42.5 Å². The molecule has 4 N–H and O–H groups in total. The van der Waals surface area contributed by atoms with Crippen molar-refractivity contribution in [3.63, 3.8) is 0 Å². The van der Waals surface area contributed by atoms with Crippen LogP contribution in [-0.4, -0.2) is 57.4 Å². The molecule has 226 valence electrons. The zero-order valence-electron chi connectivity index (χ0n) is 24.3. The molecule has 3 heterocycles. The van der Waals surface area contributed by atoms with Crippen LogP contribution in [0.4, 0.5) is 11.8 Å². The summed E-state index contributed by atoms with van der Waals surface area (Å²) in [4.78, 5) is 25.7. The Labute approximate surface area is 254 Å². The zero-order chi connectivity index (χ0) is 30.7. The first kappa shape index (κ1) is 30.7. The van der Waals surface area contributed by atoms with Crippen LogP contribution < -0.4 is 20.7 Å². The average molecular weight is 624 g/mol. The van der Waals surface area contributed by atoms with Crippen molar-refractivity contribution in [1.29, 1.82) is 0 Å². The first-order valence-electron chi connectivity index (χ1n) is 13.8. The van der Waals surface area contributed by atoms with E-state index in [1.54, 1.807) is 38.7 Å². The van der Waals surface area contributed by atoms with Crippen molar-refractivity contribution in [2.24, 2.45) is 5.92 Å². The Morgan fingerprint density at radius 3 is 2.77 bits per heavy atom. The van der Waals surface area contributed by atoms with Gasteiger partial charge in [-0.25, -0.2) is 10.1 Å². The maximum Gasteiger partial charge on any atom is 0.323 e. The molecule has 1 aliphatic heterocycles. The summed E-state index contributed by atoms with van der Waals surface area (Å²) in [5.74, 6) is 3.17. The number of carbonyl (C=O) groups excluding carboxylic acids is 1. The van der Waals surface area contributed by atoms with Gasteiger partial charge in [0.15, 0.2) is 23.2 Å². The molecule has 0 amide bonds. The van der Waals surface area contributed by atoms with Crippen molar-refractivity contribution in [3.8, 4) is 18.1 Å². The standard InChI is InChI=1S/C29H34N7O5PS/c1-6-19-14-21(40-27(19)36-16-32-24-25(31-5)33-29(30)34-26(24)36)15-38-42(43,35-18(4)28(37)39-17(2)3)41-23-13-9-11-20-10-7-8-12-22(20)23/h1,7-13,16-19,21,27H,14-15H2,2-5H3,(H,35,43)(H3,30,31,33,34)/t18-,19+,21+,27-,42-/m1/s1. The van der Waals surface area contributed by atoms with Gasteiger partial charge in [0.2, 0.25) is 5.95 Å². The van der Waals surface area contributed by atoms with Crippen LogP contribution in [0.1, 0.15) is 33.4 Å². The minimum Gasteiger partial charge on any atom is -0.462 e. The van der Waals surface area contributed by atoms with Gasteiger partial charge in [0, 0.05) is 12.4 Å². The molecule has 5 rings (SSSR count). The molecule has 43 heavy (non-hydrogen) atoms. The Kier molecular flexibility index (Phi) is 9.15. The van der Waals surface area contributed by atoms with E-state index in [1.807, 2.05) is 42.5 Å². The lowest BCUT2D eigenvalue weighted by Gasteiger charge is -2.28. The molecule has 4 aromatic rings. The Bertz CT molecular complexity index is 1720. The summed E-state index contributed by atoms with van der Waals surface area (Å²) >= 11 is 5.96. The lowest BCUT2D eigenvalue weighted by Crippen LogP contribution is -2.36. The number of esters is 1. The molecule has 0 aliphatic carbocycles. The second-order valence-corrected chi connectivity index (χ2v) is 13.5. The second-order valence-electron chi connectivity index (χ2n) is 10.4. The fourth-order valence-corrected chi connectivity index (χ4v) is 7.30. The normalized spacial score (nSPS) is 20.5. The van der Waals surface area contributed by atoms with Crippen molar-refractivity contribution in [2.45, 2.75) is 51.7 Å². The third kappa shape index (κ3) is 6.74. The Hall–Kier alpha value is -3.79. The number of imidazole rings is 1. The van der Waals surface area contributed by atoms with Crippen LogP contribution in [0.2, 0.25) is 0 Å². The number of carbonyl (C=O) groups is 1. The highest BCUT2D eigenvalue weighted by atomic mass is 32.5. The molecule has 2 aromatic heterocycles. The average Bonchev–Trinajstić information content (AvgIpc) is 3.59. The summed E-state index contributed by atoms with van der Waals surface area (Å²) in [6.45, 7) is 1.95. The van der Waals surface area contributed by atoms with E-state index in [1.165, 1.54) is 0 Å². The molecule has 1 aliphatic rings. The molecule has 0 bridgehead atoms. The summed E-state index contributed by atoms with van der Waals surface area (Å²) in [5.41, 5.74) is 6.97. The summed E-state index contributed by atoms with van der Waals surface area (Å²) < 4.78 is 26.2. The van der Waals surface area contributed by atoms with Crippen LogP contribution in [-0.2, 0) is 30.6 Å². The lowest BCUT2D eigenvalue weighted by atomic mass is 10.0. The van der Waals surface area contributed by atoms with E-state index >= 15 is 0 Å². The number of nitrogens with one attached hydrogen (secondary N) is 2. The molecule has 5 atom stereocenters. The zero-order valence-corrected chi connectivity index (χ0v) is 26.0. The van der Waals surface area contributed by atoms with E-state index in [0.717, 1.165) is 10.8 Å². The highest BCUT2D eigenvalue weighted by Crippen LogP contribution is 2.48. The fraction of sp³-hybridized carbons (Fsp3) is 0.379. The molecule has 0 saturated carbocycles. The molecule has 0 unspecified atom stereocenters. The molecule has 0 spiro atoms. The quantitative estimate of drug-likeness (QED) is 0.124. The van der Waals surface area contributed by atoms with Crippen LogP contribution >= 0.6 is 6.64 Å². The van der Waals surface area contributed by atoms with E-state index < -0.39 is 31.0 Å². The molecular weight excluding hydrogens is 589 g/mol. The number of nitrogen functional groups attached to an aromatic ring is 1. The Morgan fingerprint density at radius 2 is 2.02 bits per heavy atom. The van der Waals surface area contributed by atoms with Crippen LogP contribution in [0, 0.1) is 18.3 Å². The van der Waals surface area contributed by atoms with Crippen LogP contribution in [0.15, 0.2) is 48.8 Å². The van der Waals surface area contributed by atoms with Crippen molar-refractivity contribution >= 4 is 58.1 Å². The summed E-state index contributed by atoms with van der Waals surface area (Å²) in [7, 11) is 1.73. The van der Waals surface area contributed by atoms with Gasteiger partial charge in [-0.3, -0.25) is 9.36 Å². The highest BCUT2D eigenvalue weighted by Gasteiger charge is 2.38. The number of aromatic nitrogens is 4. The summed E-state index contributed by atoms with van der Waals surface area (Å²) in [6, 6.07) is 12.7. The van der Waals surface area contributed by atoms with Crippen LogP contribution in [0.25, 0.3) is 21.9 Å². The van der Waals surface area contributed by atoms with E-state index in [9.17, 15) is 4.79 Å². The van der Waals surface area contributed by atoms with Gasteiger partial charge in [-0.15, -0.1) is 6.42 Å². The molecule has 12 nitrogen and oxygen atoms in total. The number of anilines is 2. The molecule has 2 aromatic carbocycles. The van der Waals surface area contributed by atoms with E-state index in [-0.39, 0.29) is 24.6 Å². The van der Waals surface area contributed by atoms with Gasteiger partial charge in [0.1, 0.15) is 11.8 Å². The van der Waals surface area contributed by atoms with Crippen molar-refractivity contribution in [1.82, 2.24) is 24.6 Å². The maximum atomic E-state index is 12.7. The van der Waals surface area contributed by atoms with E-state index in [0.29, 0.717) is 29.2 Å². The number of nitrogens with two attached hydrogens (primary N) is 1. The Balaban J connectivity index is 1.38. The fourth-order valence-electron chi connectivity index (χ4n) is 4.86. The number of nitrogens with zero attached hydrogens (tertiary/aromatic N) is 4. The molecule has 0 radical (unpaired) electrons. The molecule has 1 fully saturated rings. The third-order valence-corrected chi connectivity index (χ3v) is 9.30. The van der Waals surface area contributed by atoms with Gasteiger partial charge in [-0.05, 0) is 50.5 Å². The molecule has 14 heteroatoms. The first-order chi connectivity index (χ1) is 20.6. The predicted octanol–water partition coefficient (Wildman–Crippen LogP) is 4.39. The van der Waals surface area contributed by atoms with Gasteiger partial charge in [-0.1, -0.05) is 42.3 Å². The maximum absolute atomic E-state index is 12.7. The number of rotatable bonds is 11. The number of ether oxygens (including phenoxy) is 2. The minimum atomic E-state index is -3.33. The monoisotopic (exact) mass is 623 g/mol. The van der Waals surface area contributed by atoms with Gasteiger partial charge in [0.05, 0.1) is 31.1 Å². The summed E-state index contributed by atoms with van der Waals surface area (Å²) in [6.07, 6.45) is 6.70. The second kappa shape index (κ2) is 12.8. The highest BCUT2D eigenvalue weighted by molar-refractivity contribution is 8.09. The first-order valence-corrected chi connectivity index (χ1v) is 16.4. The lowest BCUT2D eigenvalue weighted by molar-refractivity contribution is -0.149. The summed E-state index contributed by atoms with van der Waals surface area (Å²) in [5, 5.41) is 7.92. The smallest absolute Gasteiger partial charge is 0.323 e. The molecular formula is C29H34N7O5PS. The van der Waals surface area contributed by atoms with Crippen molar-refractivity contribution in [3.05, 3.63) is 48.8 Å². The Morgan fingerprint density at radius 1 is 1.26 bits per heavy atom. The topological polar surface area (TPSA) is 148 Å². The largest absolute Gasteiger partial charge is 0.462 e. The predicted molar refractivity (Wildman–Crippen MR) is 169 cm³/mol. The van der Waals surface area contributed by atoms with Crippen LogP contribution in [0.3, 0.4) is 0 Å². The molecule has 1 saturated heterocycles. The number of benzene rings is 2. The van der Waals surface area contributed by atoms with Crippen LogP contribution in [0.5, 0.6) is 5.75 Å². The third-order valence-electron chi connectivity index (χ3n) is 6.81. The number of hydrogen-bond donors (Lipinski definition) is 3. The SMILES string of the molecule is C#C[C@H]1C[C@@H](CO[P@](=S)(N[C@H](C)C(=O)OC(C)C)Oc2cccc3ccccc23)O[C@H]1n1cnc2c(NC)nc(N)nc21. The number of hydrogen-bond acceptors (Lipinski definition) is 11. The van der Waals surface area contributed by atoms with Gasteiger partial charge >= 0.3 is 12.6 Å². The van der Waals surface area contributed by atoms with E-state index in [2.05, 4.69) is 31.3 Å². The van der Waals surface area contributed by atoms with Gasteiger partial charge < -0.3 is 29.6 Å². The van der Waals surface area contributed by atoms with Gasteiger partial charge in [-0.2, -0.15) is 9.97 Å². The van der Waals surface area contributed by atoms with Crippen molar-refractivity contribution < 1.29 is 23.3 Å². The number of terminal acetylenes is 1. The minimum absolute atomic E-state index is 0.0567. The van der Waals surface area contributed by atoms with Crippen molar-refractivity contribution in [2.75, 3.05) is 24.7 Å².